The summed E-state index contributed by atoms with van der Waals surface area (Å²) in [7, 11) is 0. The number of aryl methyl sites for hydroxylation is 1. The maximum Gasteiger partial charge on any atom is 0.256 e. The van der Waals surface area contributed by atoms with E-state index in [1.54, 1.807) is 12.1 Å². The average molecular weight is 273 g/mol. The van der Waals surface area contributed by atoms with Crippen molar-refractivity contribution >= 4 is 28.0 Å². The molecule has 0 aliphatic rings. The molecule has 19 heavy (non-hydrogen) atoms. The van der Waals surface area contributed by atoms with E-state index in [1.807, 2.05) is 32.0 Å². The SMILES string of the molecule is CC(=O)c1c(NC(=O)c2ccccc2)sc(C)c1C. The first-order chi connectivity index (χ1) is 9.00. The number of hydrogen-bond acceptors (Lipinski definition) is 3. The van der Waals surface area contributed by atoms with Crippen LogP contribution in [0.4, 0.5) is 5.00 Å². The lowest BCUT2D eigenvalue weighted by molar-refractivity contribution is 0.101. The summed E-state index contributed by atoms with van der Waals surface area (Å²) in [5.41, 5.74) is 2.15. The minimum absolute atomic E-state index is 0.0230. The van der Waals surface area contributed by atoms with Crippen molar-refractivity contribution in [3.63, 3.8) is 0 Å². The average Bonchev–Trinajstić information content (AvgIpc) is 2.65. The number of benzene rings is 1. The van der Waals surface area contributed by atoms with E-state index in [-0.39, 0.29) is 11.7 Å². The number of rotatable bonds is 3. The highest BCUT2D eigenvalue weighted by Crippen LogP contribution is 2.32. The molecular weight excluding hydrogens is 258 g/mol. The largest absolute Gasteiger partial charge is 0.313 e. The van der Waals surface area contributed by atoms with Gasteiger partial charge in [-0.15, -0.1) is 11.3 Å². The smallest absolute Gasteiger partial charge is 0.256 e. The Labute approximate surface area is 116 Å². The zero-order valence-corrected chi connectivity index (χ0v) is 11.9. The number of nitrogens with one attached hydrogen (secondary N) is 1. The van der Waals surface area contributed by atoms with Gasteiger partial charge in [0.2, 0.25) is 0 Å². The number of carbonyl (C=O) groups is 2. The first-order valence-corrected chi connectivity index (χ1v) is 6.79. The van der Waals surface area contributed by atoms with E-state index in [0.717, 1.165) is 10.4 Å². The minimum atomic E-state index is -0.190. The molecule has 2 aromatic rings. The molecule has 3 nitrogen and oxygen atoms in total. The molecule has 0 saturated heterocycles. The normalized spacial score (nSPS) is 10.3. The number of anilines is 1. The standard InChI is InChI=1S/C15H15NO2S/c1-9-11(3)19-15(13(9)10(2)17)16-14(18)12-7-5-4-6-8-12/h4-8H,1-3H3,(H,16,18). The van der Waals surface area contributed by atoms with Crippen molar-refractivity contribution in [2.24, 2.45) is 0 Å². The third kappa shape index (κ3) is 2.74. The summed E-state index contributed by atoms with van der Waals surface area (Å²) >= 11 is 1.44. The molecule has 4 heteroatoms. The van der Waals surface area contributed by atoms with Gasteiger partial charge < -0.3 is 5.32 Å². The molecule has 1 heterocycles. The summed E-state index contributed by atoms with van der Waals surface area (Å²) in [6.45, 7) is 5.37. The number of carbonyl (C=O) groups excluding carboxylic acids is 2. The van der Waals surface area contributed by atoms with E-state index in [9.17, 15) is 9.59 Å². The van der Waals surface area contributed by atoms with Gasteiger partial charge in [0.1, 0.15) is 5.00 Å². The second-order valence-electron chi connectivity index (χ2n) is 4.36. The van der Waals surface area contributed by atoms with Crippen molar-refractivity contribution in [3.8, 4) is 0 Å². The van der Waals surface area contributed by atoms with Gasteiger partial charge in [-0.3, -0.25) is 9.59 Å². The molecule has 0 fully saturated rings. The molecule has 0 bridgehead atoms. The van der Waals surface area contributed by atoms with Gasteiger partial charge in [0.15, 0.2) is 5.78 Å². The van der Waals surface area contributed by atoms with Crippen molar-refractivity contribution in [1.29, 1.82) is 0 Å². The van der Waals surface area contributed by atoms with Gasteiger partial charge in [0.05, 0.1) is 5.56 Å². The summed E-state index contributed by atoms with van der Waals surface area (Å²) in [6, 6.07) is 8.97. The second-order valence-corrected chi connectivity index (χ2v) is 5.59. The van der Waals surface area contributed by atoms with Crippen molar-refractivity contribution in [3.05, 3.63) is 51.9 Å². The lowest BCUT2D eigenvalue weighted by Gasteiger charge is -2.05. The molecule has 1 aromatic heterocycles. The summed E-state index contributed by atoms with van der Waals surface area (Å²) in [4.78, 5) is 24.8. The highest BCUT2D eigenvalue weighted by Gasteiger charge is 2.18. The molecule has 1 N–H and O–H groups in total. The van der Waals surface area contributed by atoms with Gasteiger partial charge in [-0.25, -0.2) is 0 Å². The molecule has 0 atom stereocenters. The van der Waals surface area contributed by atoms with Crippen LogP contribution in [0.5, 0.6) is 0 Å². The monoisotopic (exact) mass is 273 g/mol. The molecule has 1 aromatic carbocycles. The Morgan fingerprint density at radius 1 is 1.11 bits per heavy atom. The Bertz CT molecular complexity index is 629. The third-order valence-corrected chi connectivity index (χ3v) is 4.12. The van der Waals surface area contributed by atoms with Crippen LogP contribution >= 0.6 is 11.3 Å². The van der Waals surface area contributed by atoms with E-state index in [4.69, 9.17) is 0 Å². The summed E-state index contributed by atoms with van der Waals surface area (Å²) in [5, 5.41) is 3.46. The van der Waals surface area contributed by atoms with Crippen LogP contribution in [0.3, 0.4) is 0 Å². The summed E-state index contributed by atoms with van der Waals surface area (Å²) in [6.07, 6.45) is 0. The van der Waals surface area contributed by atoms with E-state index in [1.165, 1.54) is 18.3 Å². The minimum Gasteiger partial charge on any atom is -0.313 e. The molecule has 0 spiro atoms. The number of hydrogen-bond donors (Lipinski definition) is 1. The van der Waals surface area contributed by atoms with E-state index < -0.39 is 0 Å². The first kappa shape index (κ1) is 13.5. The van der Waals surface area contributed by atoms with Crippen LogP contribution in [-0.2, 0) is 0 Å². The Kier molecular flexibility index (Phi) is 3.81. The van der Waals surface area contributed by atoms with E-state index in [0.29, 0.717) is 16.1 Å². The Hall–Kier alpha value is -1.94. The van der Waals surface area contributed by atoms with Crippen molar-refractivity contribution in [2.75, 3.05) is 5.32 Å². The number of thiophene rings is 1. The van der Waals surface area contributed by atoms with Crippen LogP contribution in [0, 0.1) is 13.8 Å². The van der Waals surface area contributed by atoms with Gasteiger partial charge in [-0.1, -0.05) is 18.2 Å². The number of ketones is 1. The molecule has 0 saturated carbocycles. The maximum absolute atomic E-state index is 12.1. The van der Waals surface area contributed by atoms with Gasteiger partial charge in [-0.05, 0) is 38.5 Å². The van der Waals surface area contributed by atoms with Gasteiger partial charge in [0.25, 0.3) is 5.91 Å². The predicted molar refractivity (Wildman–Crippen MR) is 78.2 cm³/mol. The summed E-state index contributed by atoms with van der Waals surface area (Å²) in [5.74, 6) is -0.213. The fourth-order valence-corrected chi connectivity index (χ4v) is 3.01. The van der Waals surface area contributed by atoms with Crippen LogP contribution in [0.15, 0.2) is 30.3 Å². The van der Waals surface area contributed by atoms with E-state index >= 15 is 0 Å². The van der Waals surface area contributed by atoms with Crippen molar-refractivity contribution < 1.29 is 9.59 Å². The zero-order valence-electron chi connectivity index (χ0n) is 11.1. The quantitative estimate of drug-likeness (QED) is 0.864. The molecule has 98 valence electrons. The van der Waals surface area contributed by atoms with Crippen LogP contribution in [0.1, 0.15) is 38.1 Å². The fourth-order valence-electron chi connectivity index (χ4n) is 1.90. The molecule has 1 amide bonds. The highest BCUT2D eigenvalue weighted by molar-refractivity contribution is 7.16. The lowest BCUT2D eigenvalue weighted by atomic mass is 10.1. The number of Topliss-reactive ketones (excluding diaryl/α,β-unsaturated/α-hetero) is 1. The molecule has 0 unspecified atom stereocenters. The van der Waals surface area contributed by atoms with Gasteiger partial charge >= 0.3 is 0 Å². The maximum atomic E-state index is 12.1. The van der Waals surface area contributed by atoms with Crippen LogP contribution < -0.4 is 5.32 Å². The molecule has 2 rings (SSSR count). The summed E-state index contributed by atoms with van der Waals surface area (Å²) < 4.78 is 0. The lowest BCUT2D eigenvalue weighted by Crippen LogP contribution is -2.12. The second kappa shape index (κ2) is 5.36. The Morgan fingerprint density at radius 2 is 1.74 bits per heavy atom. The molecule has 0 aliphatic heterocycles. The van der Waals surface area contributed by atoms with Gasteiger partial charge in [-0.2, -0.15) is 0 Å². The predicted octanol–water partition coefficient (Wildman–Crippen LogP) is 3.82. The molecular formula is C15H15NO2S. The van der Waals surface area contributed by atoms with Crippen LogP contribution in [-0.4, -0.2) is 11.7 Å². The van der Waals surface area contributed by atoms with Gasteiger partial charge in [0, 0.05) is 10.4 Å². The molecule has 0 radical (unpaired) electrons. The Morgan fingerprint density at radius 3 is 2.32 bits per heavy atom. The van der Waals surface area contributed by atoms with Crippen molar-refractivity contribution in [2.45, 2.75) is 20.8 Å². The fraction of sp³-hybridized carbons (Fsp3) is 0.200. The zero-order chi connectivity index (χ0) is 14.0. The van der Waals surface area contributed by atoms with Crippen molar-refractivity contribution in [1.82, 2.24) is 0 Å². The van der Waals surface area contributed by atoms with E-state index in [2.05, 4.69) is 5.32 Å². The Balaban J connectivity index is 2.32. The molecule has 0 aliphatic carbocycles. The highest BCUT2D eigenvalue weighted by atomic mass is 32.1. The number of amides is 1. The van der Waals surface area contributed by atoms with Crippen LogP contribution in [0.25, 0.3) is 0 Å². The third-order valence-electron chi connectivity index (χ3n) is 3.00. The topological polar surface area (TPSA) is 46.2 Å². The van der Waals surface area contributed by atoms with Crippen LogP contribution in [0.2, 0.25) is 0 Å². The first-order valence-electron chi connectivity index (χ1n) is 5.98.